The molecule has 1 amide bonds. The molecule has 0 atom stereocenters. The lowest BCUT2D eigenvalue weighted by molar-refractivity contribution is -0.138. The van der Waals surface area contributed by atoms with E-state index >= 15 is 0 Å². The van der Waals surface area contributed by atoms with Crippen molar-refractivity contribution < 1.29 is 14.7 Å². The SMILES string of the molecule is Cc1nn(C)cc1C(=O)NC1(CC(=O)O)CCCC1. The number of aryl methyl sites for hydroxylation is 2. The first kappa shape index (κ1) is 13.6. The van der Waals surface area contributed by atoms with Crippen LogP contribution in [0, 0.1) is 6.92 Å². The Labute approximate surface area is 111 Å². The van der Waals surface area contributed by atoms with Crippen LogP contribution >= 0.6 is 0 Å². The summed E-state index contributed by atoms with van der Waals surface area (Å²) in [6.45, 7) is 1.77. The lowest BCUT2D eigenvalue weighted by atomic mass is 9.92. The fourth-order valence-electron chi connectivity index (χ4n) is 2.82. The molecular formula is C13H19N3O3. The zero-order valence-electron chi connectivity index (χ0n) is 11.3. The molecule has 0 unspecified atom stereocenters. The Morgan fingerprint density at radius 3 is 2.58 bits per heavy atom. The van der Waals surface area contributed by atoms with Gasteiger partial charge in [0.2, 0.25) is 0 Å². The smallest absolute Gasteiger partial charge is 0.305 e. The van der Waals surface area contributed by atoms with E-state index < -0.39 is 11.5 Å². The molecule has 0 bridgehead atoms. The van der Waals surface area contributed by atoms with Crippen LogP contribution in [-0.2, 0) is 11.8 Å². The molecule has 104 valence electrons. The van der Waals surface area contributed by atoms with Gasteiger partial charge in [0.15, 0.2) is 0 Å². The topological polar surface area (TPSA) is 84.2 Å². The van der Waals surface area contributed by atoms with Gasteiger partial charge in [-0.15, -0.1) is 0 Å². The van der Waals surface area contributed by atoms with E-state index in [9.17, 15) is 9.59 Å². The van der Waals surface area contributed by atoms with Crippen molar-refractivity contribution in [1.82, 2.24) is 15.1 Å². The fourth-order valence-corrected chi connectivity index (χ4v) is 2.82. The number of carboxylic acids is 1. The second kappa shape index (κ2) is 5.03. The molecule has 0 aromatic carbocycles. The number of hydrogen-bond acceptors (Lipinski definition) is 3. The zero-order valence-corrected chi connectivity index (χ0v) is 11.3. The molecule has 2 N–H and O–H groups in total. The molecule has 1 aromatic heterocycles. The summed E-state index contributed by atoms with van der Waals surface area (Å²) < 4.78 is 1.59. The largest absolute Gasteiger partial charge is 0.481 e. The van der Waals surface area contributed by atoms with E-state index in [0.717, 1.165) is 25.7 Å². The lowest BCUT2D eigenvalue weighted by Gasteiger charge is -2.28. The summed E-state index contributed by atoms with van der Waals surface area (Å²) in [4.78, 5) is 23.2. The van der Waals surface area contributed by atoms with E-state index in [1.54, 1.807) is 24.9 Å². The molecule has 1 aliphatic rings. The highest BCUT2D eigenvalue weighted by Crippen LogP contribution is 2.33. The molecule has 0 radical (unpaired) electrons. The normalized spacial score (nSPS) is 17.4. The van der Waals surface area contributed by atoms with Gasteiger partial charge >= 0.3 is 5.97 Å². The number of amides is 1. The maximum Gasteiger partial charge on any atom is 0.305 e. The Balaban J connectivity index is 2.15. The van der Waals surface area contributed by atoms with Gasteiger partial charge in [-0.2, -0.15) is 5.10 Å². The summed E-state index contributed by atoms with van der Waals surface area (Å²) in [5.41, 5.74) is 0.577. The predicted molar refractivity (Wildman–Crippen MR) is 68.9 cm³/mol. The van der Waals surface area contributed by atoms with Crippen molar-refractivity contribution in [2.24, 2.45) is 7.05 Å². The number of aromatic nitrogens is 2. The van der Waals surface area contributed by atoms with Crippen LogP contribution in [0.1, 0.15) is 48.2 Å². The van der Waals surface area contributed by atoms with Gasteiger partial charge in [0.05, 0.1) is 23.2 Å². The minimum atomic E-state index is -0.870. The van der Waals surface area contributed by atoms with Gasteiger partial charge in [-0.25, -0.2) is 0 Å². The monoisotopic (exact) mass is 265 g/mol. The van der Waals surface area contributed by atoms with Gasteiger partial charge in [-0.1, -0.05) is 12.8 Å². The summed E-state index contributed by atoms with van der Waals surface area (Å²) in [5.74, 6) is -1.10. The summed E-state index contributed by atoms with van der Waals surface area (Å²) in [7, 11) is 1.76. The van der Waals surface area contributed by atoms with Crippen molar-refractivity contribution in [2.45, 2.75) is 44.6 Å². The fraction of sp³-hybridized carbons (Fsp3) is 0.615. The van der Waals surface area contributed by atoms with Gasteiger partial charge in [-0.3, -0.25) is 14.3 Å². The van der Waals surface area contributed by atoms with Crippen molar-refractivity contribution >= 4 is 11.9 Å². The second-order valence-electron chi connectivity index (χ2n) is 5.31. The van der Waals surface area contributed by atoms with E-state index in [1.807, 2.05) is 0 Å². The number of nitrogens with zero attached hydrogens (tertiary/aromatic N) is 2. The first-order valence-corrected chi connectivity index (χ1v) is 6.46. The highest BCUT2D eigenvalue weighted by Gasteiger charge is 2.38. The quantitative estimate of drug-likeness (QED) is 0.858. The summed E-state index contributed by atoms with van der Waals surface area (Å²) >= 11 is 0. The molecule has 6 nitrogen and oxygen atoms in total. The Morgan fingerprint density at radius 1 is 1.47 bits per heavy atom. The van der Waals surface area contributed by atoms with E-state index in [0.29, 0.717) is 11.3 Å². The number of rotatable bonds is 4. The van der Waals surface area contributed by atoms with E-state index in [2.05, 4.69) is 10.4 Å². The number of aliphatic carboxylic acids is 1. The summed E-state index contributed by atoms with van der Waals surface area (Å²) in [6.07, 6.45) is 5.01. The molecule has 0 saturated heterocycles. The molecule has 1 heterocycles. The van der Waals surface area contributed by atoms with Crippen LogP contribution in [0.25, 0.3) is 0 Å². The van der Waals surface area contributed by atoms with Crippen molar-refractivity contribution in [3.63, 3.8) is 0 Å². The molecule has 6 heteroatoms. The number of carboxylic acid groups (broad SMARTS) is 1. The summed E-state index contributed by atoms with van der Waals surface area (Å²) in [6, 6.07) is 0. The molecule has 0 spiro atoms. The van der Waals surface area contributed by atoms with E-state index in [-0.39, 0.29) is 12.3 Å². The van der Waals surface area contributed by atoms with Crippen LogP contribution in [-0.4, -0.2) is 32.3 Å². The number of carbonyl (C=O) groups excluding carboxylic acids is 1. The molecule has 1 aliphatic carbocycles. The Morgan fingerprint density at radius 2 is 2.11 bits per heavy atom. The van der Waals surface area contributed by atoms with Gasteiger partial charge in [0.25, 0.3) is 5.91 Å². The van der Waals surface area contributed by atoms with Crippen molar-refractivity contribution in [3.05, 3.63) is 17.5 Å². The standard InChI is InChI=1S/C13H19N3O3/c1-9-10(8-16(2)15-9)12(19)14-13(7-11(17)18)5-3-4-6-13/h8H,3-7H2,1-2H3,(H,14,19)(H,17,18). The number of carbonyl (C=O) groups is 2. The zero-order chi connectivity index (χ0) is 14.0. The average Bonchev–Trinajstić information content (AvgIpc) is 2.85. The van der Waals surface area contributed by atoms with Crippen LogP contribution in [0.5, 0.6) is 0 Å². The Kier molecular flexibility index (Phi) is 3.59. The highest BCUT2D eigenvalue weighted by atomic mass is 16.4. The van der Waals surface area contributed by atoms with Crippen molar-refractivity contribution in [3.8, 4) is 0 Å². The van der Waals surface area contributed by atoms with Crippen LogP contribution in [0.4, 0.5) is 0 Å². The van der Waals surface area contributed by atoms with Gasteiger partial charge < -0.3 is 10.4 Å². The second-order valence-corrected chi connectivity index (χ2v) is 5.31. The highest BCUT2D eigenvalue weighted by molar-refractivity contribution is 5.95. The van der Waals surface area contributed by atoms with Crippen LogP contribution in [0.2, 0.25) is 0 Å². The number of nitrogens with one attached hydrogen (secondary N) is 1. The molecule has 1 aromatic rings. The predicted octanol–water partition coefficient (Wildman–Crippen LogP) is 1.25. The van der Waals surface area contributed by atoms with Crippen LogP contribution in [0.15, 0.2) is 6.20 Å². The van der Waals surface area contributed by atoms with E-state index in [4.69, 9.17) is 5.11 Å². The number of hydrogen-bond donors (Lipinski definition) is 2. The molecule has 19 heavy (non-hydrogen) atoms. The maximum absolute atomic E-state index is 12.3. The molecule has 1 saturated carbocycles. The summed E-state index contributed by atoms with van der Waals surface area (Å²) in [5, 5.41) is 16.1. The van der Waals surface area contributed by atoms with Crippen LogP contribution < -0.4 is 5.32 Å². The van der Waals surface area contributed by atoms with Gasteiger partial charge in [0, 0.05) is 13.2 Å². The molecule has 1 fully saturated rings. The Bertz CT molecular complexity index is 501. The van der Waals surface area contributed by atoms with Crippen LogP contribution in [0.3, 0.4) is 0 Å². The Hall–Kier alpha value is -1.85. The van der Waals surface area contributed by atoms with Gasteiger partial charge in [-0.05, 0) is 19.8 Å². The lowest BCUT2D eigenvalue weighted by Crippen LogP contribution is -2.47. The average molecular weight is 265 g/mol. The third kappa shape index (κ3) is 2.94. The minimum Gasteiger partial charge on any atom is -0.481 e. The first-order chi connectivity index (χ1) is 8.92. The maximum atomic E-state index is 12.3. The third-order valence-electron chi connectivity index (χ3n) is 3.69. The molecule has 2 rings (SSSR count). The van der Waals surface area contributed by atoms with Gasteiger partial charge in [0.1, 0.15) is 0 Å². The molecular weight excluding hydrogens is 246 g/mol. The van der Waals surface area contributed by atoms with Crippen molar-refractivity contribution in [1.29, 1.82) is 0 Å². The minimum absolute atomic E-state index is 0.0158. The van der Waals surface area contributed by atoms with Crippen molar-refractivity contribution in [2.75, 3.05) is 0 Å². The third-order valence-corrected chi connectivity index (χ3v) is 3.69. The molecule has 0 aliphatic heterocycles. The first-order valence-electron chi connectivity index (χ1n) is 6.46. The van der Waals surface area contributed by atoms with E-state index in [1.165, 1.54) is 0 Å².